The molecule has 4 nitrogen and oxygen atoms in total. The van der Waals surface area contributed by atoms with Gasteiger partial charge in [0.15, 0.2) is 0 Å². The Morgan fingerprint density at radius 3 is 2.53 bits per heavy atom. The van der Waals surface area contributed by atoms with Gasteiger partial charge in [-0.2, -0.15) is 0 Å². The van der Waals surface area contributed by atoms with E-state index >= 15 is 0 Å². The lowest BCUT2D eigenvalue weighted by atomic mass is 9.77. The second-order valence-corrected chi connectivity index (χ2v) is 5.73. The molecule has 0 bridgehead atoms. The van der Waals surface area contributed by atoms with Crippen molar-refractivity contribution in [3.8, 4) is 0 Å². The third kappa shape index (κ3) is 2.80. The Kier molecular flexibility index (Phi) is 3.73. The quantitative estimate of drug-likeness (QED) is 0.769. The van der Waals surface area contributed by atoms with Crippen LogP contribution < -0.4 is 5.73 Å². The van der Waals surface area contributed by atoms with Crippen LogP contribution >= 0.6 is 0 Å². The zero-order chi connectivity index (χ0) is 12.5. The maximum absolute atomic E-state index is 11.7. The Balaban J connectivity index is 1.88. The van der Waals surface area contributed by atoms with Crippen LogP contribution in [-0.4, -0.2) is 40.6 Å². The maximum Gasteiger partial charge on any atom is 0.239 e. The maximum atomic E-state index is 11.7. The lowest BCUT2D eigenvalue weighted by Crippen LogP contribution is -2.47. The number of β-amino-alcohol motifs (C(OH)–C–C–N with tert-alkyl or cyclic N) is 1. The van der Waals surface area contributed by atoms with Crippen molar-refractivity contribution in [3.63, 3.8) is 0 Å². The van der Waals surface area contributed by atoms with Gasteiger partial charge in [-0.25, -0.2) is 0 Å². The summed E-state index contributed by atoms with van der Waals surface area (Å²) in [6.45, 7) is 3.40. The van der Waals surface area contributed by atoms with Gasteiger partial charge in [0.2, 0.25) is 5.91 Å². The van der Waals surface area contributed by atoms with Crippen molar-refractivity contribution in [1.29, 1.82) is 0 Å². The molecule has 1 atom stereocenters. The van der Waals surface area contributed by atoms with E-state index in [4.69, 9.17) is 5.73 Å². The number of hydrogen-bond donors (Lipinski definition) is 2. The Hall–Kier alpha value is -0.610. The van der Waals surface area contributed by atoms with Crippen molar-refractivity contribution in [3.05, 3.63) is 0 Å². The monoisotopic (exact) mass is 240 g/mol. The molecule has 2 rings (SSSR count). The number of carbonyl (C=O) groups is 1. The number of nitrogens with two attached hydrogens (primary N) is 1. The van der Waals surface area contributed by atoms with E-state index in [1.54, 1.807) is 4.90 Å². The summed E-state index contributed by atoms with van der Waals surface area (Å²) in [5, 5.41) is 10.5. The van der Waals surface area contributed by atoms with E-state index in [-0.39, 0.29) is 11.9 Å². The molecule has 1 amide bonds. The topological polar surface area (TPSA) is 66.6 Å². The molecule has 0 aromatic heterocycles. The van der Waals surface area contributed by atoms with Crippen LogP contribution in [0.2, 0.25) is 0 Å². The average molecular weight is 240 g/mol. The fraction of sp³-hybridized carbons (Fsp3) is 0.923. The van der Waals surface area contributed by atoms with Gasteiger partial charge < -0.3 is 15.7 Å². The van der Waals surface area contributed by atoms with Crippen LogP contribution in [0, 0.1) is 5.92 Å². The Morgan fingerprint density at radius 2 is 2.06 bits per heavy atom. The van der Waals surface area contributed by atoms with Crippen molar-refractivity contribution in [1.82, 2.24) is 4.90 Å². The summed E-state index contributed by atoms with van der Waals surface area (Å²) in [5.74, 6) is 0.767. The van der Waals surface area contributed by atoms with Gasteiger partial charge in [-0.05, 0) is 38.0 Å². The highest BCUT2D eigenvalue weighted by Crippen LogP contribution is 2.34. The van der Waals surface area contributed by atoms with Crippen LogP contribution in [0.1, 0.15) is 45.4 Å². The summed E-state index contributed by atoms with van der Waals surface area (Å²) in [6.07, 6.45) is 5.74. The molecule has 1 aliphatic heterocycles. The first kappa shape index (κ1) is 12.8. The van der Waals surface area contributed by atoms with Crippen molar-refractivity contribution >= 4 is 5.91 Å². The molecule has 0 aromatic carbocycles. The minimum Gasteiger partial charge on any atom is -0.388 e. The fourth-order valence-corrected chi connectivity index (χ4v) is 3.06. The van der Waals surface area contributed by atoms with Crippen LogP contribution in [0.3, 0.4) is 0 Å². The van der Waals surface area contributed by atoms with Crippen LogP contribution in [0.15, 0.2) is 0 Å². The number of rotatable bonds is 3. The van der Waals surface area contributed by atoms with Gasteiger partial charge in [0.1, 0.15) is 0 Å². The third-order valence-electron chi connectivity index (χ3n) is 4.44. The Labute approximate surface area is 103 Å². The molecule has 0 radical (unpaired) electrons. The molecule has 4 heteroatoms. The van der Waals surface area contributed by atoms with Crippen molar-refractivity contribution in [2.45, 2.75) is 57.1 Å². The van der Waals surface area contributed by atoms with Gasteiger partial charge in [-0.15, -0.1) is 0 Å². The minimum atomic E-state index is -0.661. The fourth-order valence-electron chi connectivity index (χ4n) is 3.06. The molecule has 98 valence electrons. The Bertz CT molecular complexity index is 285. The molecular weight excluding hydrogens is 216 g/mol. The summed E-state index contributed by atoms with van der Waals surface area (Å²) in [5.41, 5.74) is 5.03. The van der Waals surface area contributed by atoms with E-state index in [0.717, 1.165) is 38.0 Å². The second-order valence-electron chi connectivity index (χ2n) is 5.73. The number of likely N-dealkylation sites (tertiary alicyclic amines) is 1. The summed E-state index contributed by atoms with van der Waals surface area (Å²) < 4.78 is 0. The summed E-state index contributed by atoms with van der Waals surface area (Å²) >= 11 is 0. The van der Waals surface area contributed by atoms with E-state index in [9.17, 15) is 9.90 Å². The SMILES string of the molecule is CCC1CCC(O)(CN2CCC(N)C2=O)CC1. The normalized spacial score (nSPS) is 38.8. The standard InChI is InChI=1S/C13H24N2O2/c1-2-10-3-6-13(17,7-4-10)9-15-8-5-11(14)12(15)16/h10-11,17H,2-9,14H2,1H3. The summed E-state index contributed by atoms with van der Waals surface area (Å²) in [6, 6.07) is -0.342. The zero-order valence-corrected chi connectivity index (χ0v) is 10.7. The van der Waals surface area contributed by atoms with Crippen molar-refractivity contribution in [2.24, 2.45) is 11.7 Å². The van der Waals surface area contributed by atoms with Gasteiger partial charge in [-0.3, -0.25) is 4.79 Å². The first-order valence-electron chi connectivity index (χ1n) is 6.81. The highest BCUT2D eigenvalue weighted by molar-refractivity contribution is 5.83. The predicted octanol–water partition coefficient (Wildman–Crippen LogP) is 0.877. The Morgan fingerprint density at radius 1 is 1.41 bits per heavy atom. The third-order valence-corrected chi connectivity index (χ3v) is 4.44. The van der Waals surface area contributed by atoms with Crippen molar-refractivity contribution in [2.75, 3.05) is 13.1 Å². The van der Waals surface area contributed by atoms with E-state index in [1.807, 2.05) is 0 Å². The van der Waals surface area contributed by atoms with Crippen LogP contribution in [-0.2, 0) is 4.79 Å². The lowest BCUT2D eigenvalue weighted by molar-refractivity contribution is -0.133. The highest BCUT2D eigenvalue weighted by atomic mass is 16.3. The van der Waals surface area contributed by atoms with E-state index in [1.165, 1.54) is 6.42 Å². The predicted molar refractivity (Wildman–Crippen MR) is 66.4 cm³/mol. The van der Waals surface area contributed by atoms with Crippen molar-refractivity contribution < 1.29 is 9.90 Å². The highest BCUT2D eigenvalue weighted by Gasteiger charge is 2.38. The minimum absolute atomic E-state index is 0.0102. The molecule has 1 saturated carbocycles. The molecule has 0 aromatic rings. The zero-order valence-electron chi connectivity index (χ0n) is 10.7. The summed E-state index contributed by atoms with van der Waals surface area (Å²) in [7, 11) is 0. The molecule has 0 spiro atoms. The van der Waals surface area contributed by atoms with E-state index in [2.05, 4.69) is 6.92 Å². The van der Waals surface area contributed by atoms with E-state index < -0.39 is 5.60 Å². The van der Waals surface area contributed by atoms with Crippen LogP contribution in [0.5, 0.6) is 0 Å². The number of aliphatic hydroxyl groups is 1. The first-order chi connectivity index (χ1) is 8.04. The number of nitrogens with zero attached hydrogens (tertiary/aromatic N) is 1. The molecule has 1 aliphatic carbocycles. The van der Waals surface area contributed by atoms with Gasteiger partial charge in [0.25, 0.3) is 0 Å². The van der Waals surface area contributed by atoms with Gasteiger partial charge in [0, 0.05) is 13.1 Å². The van der Waals surface area contributed by atoms with Gasteiger partial charge in [-0.1, -0.05) is 13.3 Å². The molecule has 1 unspecified atom stereocenters. The van der Waals surface area contributed by atoms with Crippen LogP contribution in [0.4, 0.5) is 0 Å². The number of amides is 1. The molecule has 17 heavy (non-hydrogen) atoms. The molecular formula is C13H24N2O2. The largest absolute Gasteiger partial charge is 0.388 e. The van der Waals surface area contributed by atoms with E-state index in [0.29, 0.717) is 13.1 Å². The number of hydrogen-bond acceptors (Lipinski definition) is 3. The van der Waals surface area contributed by atoms with Gasteiger partial charge in [0.05, 0.1) is 11.6 Å². The van der Waals surface area contributed by atoms with Crippen LogP contribution in [0.25, 0.3) is 0 Å². The first-order valence-corrected chi connectivity index (χ1v) is 6.81. The smallest absolute Gasteiger partial charge is 0.239 e. The summed E-state index contributed by atoms with van der Waals surface area (Å²) in [4.78, 5) is 13.5. The molecule has 1 heterocycles. The molecule has 1 saturated heterocycles. The number of carbonyl (C=O) groups excluding carboxylic acids is 1. The van der Waals surface area contributed by atoms with Gasteiger partial charge >= 0.3 is 0 Å². The molecule has 2 aliphatic rings. The molecule has 3 N–H and O–H groups in total. The molecule has 2 fully saturated rings. The lowest BCUT2D eigenvalue weighted by Gasteiger charge is -2.38. The average Bonchev–Trinajstić information content (AvgIpc) is 2.62. The second kappa shape index (κ2) is 4.94.